The van der Waals surface area contributed by atoms with Crippen molar-refractivity contribution in [3.8, 4) is 0 Å². The Balaban J connectivity index is 3.26. The van der Waals surface area contributed by atoms with E-state index >= 15 is 0 Å². The maximum Gasteiger partial charge on any atom is 0.267 e. The van der Waals surface area contributed by atoms with E-state index in [1.807, 2.05) is 0 Å². The SMILES string of the molecule is CNC(=O)c1cc(S(=O)(=O)Cl)cn1CC(F)F. The van der Waals surface area contributed by atoms with Gasteiger partial charge in [0.15, 0.2) is 0 Å². The van der Waals surface area contributed by atoms with Crippen molar-refractivity contribution >= 4 is 25.6 Å². The lowest BCUT2D eigenvalue weighted by atomic mass is 10.4. The molecule has 1 heterocycles. The second kappa shape index (κ2) is 5.01. The van der Waals surface area contributed by atoms with E-state index in [1.165, 1.54) is 7.05 Å². The van der Waals surface area contributed by atoms with Crippen molar-refractivity contribution in [1.82, 2.24) is 9.88 Å². The predicted octanol–water partition coefficient (Wildman–Crippen LogP) is 1.04. The molecule has 0 saturated carbocycles. The molecule has 5 nitrogen and oxygen atoms in total. The third-order valence-corrected chi connectivity index (χ3v) is 3.27. The zero-order valence-corrected chi connectivity index (χ0v) is 10.2. The number of hydrogen-bond donors (Lipinski definition) is 1. The average Bonchev–Trinajstić information content (AvgIpc) is 2.59. The van der Waals surface area contributed by atoms with Gasteiger partial charge in [-0.05, 0) is 6.07 Å². The molecule has 0 aliphatic carbocycles. The van der Waals surface area contributed by atoms with E-state index in [2.05, 4.69) is 5.32 Å². The number of nitrogens with one attached hydrogen (secondary N) is 1. The van der Waals surface area contributed by atoms with Crippen LogP contribution in [0.1, 0.15) is 10.5 Å². The number of nitrogens with zero attached hydrogens (tertiary/aromatic N) is 1. The van der Waals surface area contributed by atoms with E-state index in [0.29, 0.717) is 0 Å². The molecular weight excluding hydrogens is 278 g/mol. The fourth-order valence-electron chi connectivity index (χ4n) is 1.24. The maximum absolute atomic E-state index is 12.2. The lowest BCUT2D eigenvalue weighted by Crippen LogP contribution is -2.22. The lowest BCUT2D eigenvalue weighted by Gasteiger charge is -2.06. The molecule has 96 valence electrons. The molecule has 0 radical (unpaired) electrons. The summed E-state index contributed by atoms with van der Waals surface area (Å²) in [5, 5.41) is 2.22. The molecule has 1 amide bonds. The van der Waals surface area contributed by atoms with E-state index < -0.39 is 32.8 Å². The molecule has 0 unspecified atom stereocenters. The fourth-order valence-corrected chi connectivity index (χ4v) is 1.99. The van der Waals surface area contributed by atoms with Crippen molar-refractivity contribution < 1.29 is 22.0 Å². The molecule has 0 aliphatic heterocycles. The van der Waals surface area contributed by atoms with Crippen LogP contribution in [-0.2, 0) is 15.6 Å². The first kappa shape index (κ1) is 13.9. The first-order chi connectivity index (χ1) is 7.75. The number of carbonyl (C=O) groups is 1. The topological polar surface area (TPSA) is 68.2 Å². The lowest BCUT2D eigenvalue weighted by molar-refractivity contribution is 0.0940. The largest absolute Gasteiger partial charge is 0.354 e. The average molecular weight is 287 g/mol. The molecule has 0 aromatic carbocycles. The summed E-state index contributed by atoms with van der Waals surface area (Å²) in [4.78, 5) is 11.0. The highest BCUT2D eigenvalue weighted by atomic mass is 35.7. The van der Waals surface area contributed by atoms with Crippen LogP contribution in [0, 0.1) is 0 Å². The van der Waals surface area contributed by atoms with Crippen molar-refractivity contribution in [2.45, 2.75) is 17.9 Å². The van der Waals surface area contributed by atoms with Gasteiger partial charge in [-0.1, -0.05) is 0 Å². The Morgan fingerprint density at radius 2 is 2.18 bits per heavy atom. The zero-order valence-electron chi connectivity index (χ0n) is 8.65. The number of halogens is 3. The van der Waals surface area contributed by atoms with Crippen molar-refractivity contribution in [1.29, 1.82) is 0 Å². The molecule has 0 bridgehead atoms. The van der Waals surface area contributed by atoms with E-state index in [0.717, 1.165) is 16.8 Å². The molecule has 1 aromatic rings. The number of amides is 1. The van der Waals surface area contributed by atoms with Crippen molar-refractivity contribution in [3.63, 3.8) is 0 Å². The van der Waals surface area contributed by atoms with Crippen molar-refractivity contribution in [2.75, 3.05) is 7.05 Å². The zero-order chi connectivity index (χ0) is 13.2. The van der Waals surface area contributed by atoms with Crippen LogP contribution in [0.15, 0.2) is 17.2 Å². The Morgan fingerprint density at radius 1 is 1.59 bits per heavy atom. The summed E-state index contributed by atoms with van der Waals surface area (Å²) in [6.45, 7) is -0.783. The van der Waals surface area contributed by atoms with Gasteiger partial charge in [-0.2, -0.15) is 0 Å². The van der Waals surface area contributed by atoms with Gasteiger partial charge in [-0.3, -0.25) is 4.79 Å². The Morgan fingerprint density at radius 3 is 2.59 bits per heavy atom. The molecule has 0 atom stereocenters. The summed E-state index contributed by atoms with van der Waals surface area (Å²) >= 11 is 0. The highest BCUT2D eigenvalue weighted by Gasteiger charge is 2.20. The third kappa shape index (κ3) is 3.40. The van der Waals surface area contributed by atoms with Crippen LogP contribution in [-0.4, -0.2) is 32.4 Å². The smallest absolute Gasteiger partial charge is 0.267 e. The van der Waals surface area contributed by atoms with Gasteiger partial charge in [0.1, 0.15) is 10.6 Å². The molecule has 0 fully saturated rings. The van der Waals surface area contributed by atoms with Crippen LogP contribution in [0.2, 0.25) is 0 Å². The summed E-state index contributed by atoms with van der Waals surface area (Å²) < 4.78 is 47.4. The molecule has 1 N–H and O–H groups in total. The van der Waals surface area contributed by atoms with Crippen molar-refractivity contribution in [2.24, 2.45) is 0 Å². The molecule has 1 aromatic heterocycles. The molecule has 9 heteroatoms. The Bertz CT molecular complexity index is 527. The minimum Gasteiger partial charge on any atom is -0.354 e. The summed E-state index contributed by atoms with van der Waals surface area (Å²) in [5.74, 6) is -0.669. The van der Waals surface area contributed by atoms with Gasteiger partial charge < -0.3 is 9.88 Å². The second-order valence-electron chi connectivity index (χ2n) is 3.12. The third-order valence-electron chi connectivity index (χ3n) is 1.95. The first-order valence-electron chi connectivity index (χ1n) is 4.40. The van der Waals surface area contributed by atoms with E-state index in [-0.39, 0.29) is 5.69 Å². The van der Waals surface area contributed by atoms with Gasteiger partial charge in [-0.15, -0.1) is 0 Å². The molecule has 0 aliphatic rings. The van der Waals surface area contributed by atoms with Gasteiger partial charge >= 0.3 is 0 Å². The van der Waals surface area contributed by atoms with E-state index in [9.17, 15) is 22.0 Å². The van der Waals surface area contributed by atoms with Gasteiger partial charge in [-0.25, -0.2) is 17.2 Å². The summed E-state index contributed by atoms with van der Waals surface area (Å²) in [7, 11) is 2.31. The molecule has 17 heavy (non-hydrogen) atoms. The molecular formula is C8H9ClF2N2O3S. The number of rotatable bonds is 4. The van der Waals surface area contributed by atoms with E-state index in [1.54, 1.807) is 0 Å². The van der Waals surface area contributed by atoms with Gasteiger partial charge in [0.05, 0.1) is 6.54 Å². The van der Waals surface area contributed by atoms with Gasteiger partial charge in [0.25, 0.3) is 21.4 Å². The van der Waals surface area contributed by atoms with Gasteiger partial charge in [0.2, 0.25) is 0 Å². The van der Waals surface area contributed by atoms with Crippen LogP contribution in [0.5, 0.6) is 0 Å². The molecule has 0 saturated heterocycles. The summed E-state index contributed by atoms with van der Waals surface area (Å²) in [6, 6.07) is 0.948. The minimum atomic E-state index is -4.06. The molecule has 0 spiro atoms. The highest BCUT2D eigenvalue weighted by Crippen LogP contribution is 2.19. The van der Waals surface area contributed by atoms with Crippen LogP contribution in [0.4, 0.5) is 8.78 Å². The van der Waals surface area contributed by atoms with Crippen LogP contribution < -0.4 is 5.32 Å². The highest BCUT2D eigenvalue weighted by molar-refractivity contribution is 8.13. The standard InChI is InChI=1S/C8H9ClF2N2O3S/c1-12-8(14)6-2-5(17(9,15)16)3-13(6)4-7(10)11/h2-3,7H,4H2,1H3,(H,12,14). The number of aromatic nitrogens is 1. The van der Waals surface area contributed by atoms with Crippen molar-refractivity contribution in [3.05, 3.63) is 18.0 Å². The number of carbonyl (C=O) groups excluding carboxylic acids is 1. The summed E-state index contributed by atoms with van der Waals surface area (Å²) in [5.41, 5.74) is -0.188. The number of hydrogen-bond acceptors (Lipinski definition) is 3. The minimum absolute atomic E-state index is 0.188. The Labute approximate surface area is 101 Å². The van der Waals surface area contributed by atoms with Crippen LogP contribution >= 0.6 is 10.7 Å². The monoisotopic (exact) mass is 286 g/mol. The maximum atomic E-state index is 12.2. The molecule has 1 rings (SSSR count). The predicted molar refractivity (Wildman–Crippen MR) is 56.9 cm³/mol. The first-order valence-corrected chi connectivity index (χ1v) is 6.71. The fraction of sp³-hybridized carbons (Fsp3) is 0.375. The van der Waals surface area contributed by atoms with Gasteiger partial charge in [0, 0.05) is 23.9 Å². The summed E-state index contributed by atoms with van der Waals surface area (Å²) in [6.07, 6.45) is -1.81. The second-order valence-corrected chi connectivity index (χ2v) is 5.69. The quantitative estimate of drug-likeness (QED) is 0.841. The number of alkyl halides is 2. The normalized spacial score (nSPS) is 11.8. The Kier molecular flexibility index (Phi) is 4.10. The van der Waals surface area contributed by atoms with E-state index in [4.69, 9.17) is 10.7 Å². The Hall–Kier alpha value is -1.15. The van der Waals surface area contributed by atoms with Crippen LogP contribution in [0.25, 0.3) is 0 Å². The van der Waals surface area contributed by atoms with Crippen LogP contribution in [0.3, 0.4) is 0 Å².